The summed E-state index contributed by atoms with van der Waals surface area (Å²) >= 11 is 0. The predicted octanol–water partition coefficient (Wildman–Crippen LogP) is 0.0554. The Hall–Kier alpha value is -1.43. The Morgan fingerprint density at radius 1 is 1.71 bits per heavy atom. The van der Waals surface area contributed by atoms with E-state index in [4.69, 9.17) is 10.3 Å². The fourth-order valence-corrected chi connectivity index (χ4v) is 1.25. The van der Waals surface area contributed by atoms with Crippen LogP contribution in [0.1, 0.15) is 18.7 Å². The van der Waals surface area contributed by atoms with Crippen LogP contribution in [0.15, 0.2) is 4.52 Å². The molecular weight excluding hydrogens is 184 g/mol. The van der Waals surface area contributed by atoms with Crippen molar-refractivity contribution in [2.75, 3.05) is 11.9 Å². The highest BCUT2D eigenvalue weighted by atomic mass is 16.5. The molecule has 1 saturated carbocycles. The molecule has 1 aromatic rings. The number of nitrogens with two attached hydrogens (primary N) is 1. The molecule has 0 saturated heterocycles. The molecule has 0 unspecified atom stereocenters. The summed E-state index contributed by atoms with van der Waals surface area (Å²) in [6, 6.07) is 0.146. The van der Waals surface area contributed by atoms with Crippen molar-refractivity contribution in [2.24, 2.45) is 11.1 Å². The summed E-state index contributed by atoms with van der Waals surface area (Å²) in [6.07, 6.45) is 1.67. The fraction of sp³-hybridized carbons (Fsp3) is 0.625. The minimum absolute atomic E-state index is 0.122. The fourth-order valence-electron chi connectivity index (χ4n) is 1.25. The quantitative estimate of drug-likeness (QED) is 0.712. The van der Waals surface area contributed by atoms with Crippen LogP contribution in [0, 0.1) is 12.3 Å². The number of carbonyl (C=O) groups excluding carboxylic acids is 1. The highest BCUT2D eigenvalue weighted by Gasteiger charge is 2.48. The summed E-state index contributed by atoms with van der Waals surface area (Å²) in [5.41, 5.74) is 5.11. The minimum atomic E-state index is -0.387. The molecule has 0 aliphatic heterocycles. The highest BCUT2D eigenvalue weighted by Crippen LogP contribution is 2.45. The molecule has 0 aromatic carbocycles. The number of aromatic nitrogens is 2. The summed E-state index contributed by atoms with van der Waals surface area (Å²) in [6.45, 7) is 2.06. The number of hydrogen-bond acceptors (Lipinski definition) is 5. The van der Waals surface area contributed by atoms with Gasteiger partial charge in [-0.15, -0.1) is 0 Å². The lowest BCUT2D eigenvalue weighted by molar-refractivity contribution is -0.120. The van der Waals surface area contributed by atoms with Gasteiger partial charge < -0.3 is 10.3 Å². The number of amides is 1. The van der Waals surface area contributed by atoms with E-state index in [9.17, 15) is 4.79 Å². The third-order valence-electron chi connectivity index (χ3n) is 2.47. The molecule has 1 amide bonds. The molecule has 0 radical (unpaired) electrons. The van der Waals surface area contributed by atoms with Crippen LogP contribution >= 0.6 is 0 Å². The van der Waals surface area contributed by atoms with E-state index in [-0.39, 0.29) is 17.3 Å². The maximum atomic E-state index is 11.6. The number of aryl methyl sites for hydroxylation is 1. The van der Waals surface area contributed by atoms with Gasteiger partial charge in [-0.3, -0.25) is 10.1 Å². The zero-order valence-electron chi connectivity index (χ0n) is 7.91. The molecule has 0 bridgehead atoms. The van der Waals surface area contributed by atoms with Crippen molar-refractivity contribution in [1.29, 1.82) is 0 Å². The molecular formula is C8H12N4O2. The maximum absolute atomic E-state index is 11.6. The average Bonchev–Trinajstić information content (AvgIpc) is 2.87. The number of hydrogen-bond donors (Lipinski definition) is 2. The summed E-state index contributed by atoms with van der Waals surface area (Å²) < 4.78 is 4.77. The molecule has 1 aliphatic carbocycles. The van der Waals surface area contributed by atoms with Gasteiger partial charge in [0.15, 0.2) is 5.82 Å². The lowest BCUT2D eigenvalue weighted by Gasteiger charge is -2.09. The van der Waals surface area contributed by atoms with Gasteiger partial charge in [-0.25, -0.2) is 0 Å². The first-order chi connectivity index (χ1) is 6.66. The van der Waals surface area contributed by atoms with Crippen molar-refractivity contribution >= 4 is 11.9 Å². The van der Waals surface area contributed by atoms with Crippen molar-refractivity contribution in [3.63, 3.8) is 0 Å². The lowest BCUT2D eigenvalue weighted by Crippen LogP contribution is -2.30. The second-order valence-corrected chi connectivity index (χ2v) is 3.59. The second-order valence-electron chi connectivity index (χ2n) is 3.59. The van der Waals surface area contributed by atoms with Crippen LogP contribution in [-0.4, -0.2) is 22.6 Å². The Morgan fingerprint density at radius 2 is 2.43 bits per heavy atom. The molecule has 76 valence electrons. The third-order valence-corrected chi connectivity index (χ3v) is 2.47. The molecule has 14 heavy (non-hydrogen) atoms. The van der Waals surface area contributed by atoms with Crippen molar-refractivity contribution < 1.29 is 9.32 Å². The SMILES string of the molecule is Cc1noc(NC(=O)C2(CN)CC2)n1. The van der Waals surface area contributed by atoms with E-state index in [1.165, 1.54) is 0 Å². The van der Waals surface area contributed by atoms with Crippen LogP contribution in [0.4, 0.5) is 6.01 Å². The summed E-state index contributed by atoms with van der Waals surface area (Å²) in [5, 5.41) is 6.12. The first-order valence-corrected chi connectivity index (χ1v) is 4.48. The third kappa shape index (κ3) is 1.48. The Morgan fingerprint density at radius 3 is 2.86 bits per heavy atom. The number of carbonyl (C=O) groups is 1. The zero-order chi connectivity index (χ0) is 10.2. The molecule has 1 aromatic heterocycles. The Bertz CT molecular complexity index is 356. The van der Waals surface area contributed by atoms with Gasteiger partial charge in [-0.2, -0.15) is 4.98 Å². The highest BCUT2D eigenvalue weighted by molar-refractivity contribution is 5.95. The van der Waals surface area contributed by atoms with Gasteiger partial charge in [0.25, 0.3) is 0 Å². The maximum Gasteiger partial charge on any atom is 0.328 e. The van der Waals surface area contributed by atoms with Crippen LogP contribution in [0.5, 0.6) is 0 Å². The van der Waals surface area contributed by atoms with Crippen LogP contribution in [0.2, 0.25) is 0 Å². The summed E-state index contributed by atoms with van der Waals surface area (Å²) in [7, 11) is 0. The molecule has 0 atom stereocenters. The number of rotatable bonds is 3. The Balaban J connectivity index is 2.01. The van der Waals surface area contributed by atoms with Crippen LogP contribution in [0.3, 0.4) is 0 Å². The summed E-state index contributed by atoms with van der Waals surface area (Å²) in [4.78, 5) is 15.5. The largest absolute Gasteiger partial charge is 0.329 e. The van der Waals surface area contributed by atoms with Crippen molar-refractivity contribution in [3.05, 3.63) is 5.82 Å². The first-order valence-electron chi connectivity index (χ1n) is 4.48. The predicted molar refractivity (Wildman–Crippen MR) is 48.4 cm³/mol. The molecule has 0 spiro atoms. The Kier molecular flexibility index (Phi) is 1.99. The molecule has 6 heteroatoms. The van der Waals surface area contributed by atoms with Crippen LogP contribution in [0.25, 0.3) is 0 Å². The van der Waals surface area contributed by atoms with E-state index in [2.05, 4.69) is 15.5 Å². The van der Waals surface area contributed by atoms with Crippen molar-refractivity contribution in [3.8, 4) is 0 Å². The van der Waals surface area contributed by atoms with E-state index in [1.54, 1.807) is 6.92 Å². The molecule has 1 fully saturated rings. The number of nitrogens with zero attached hydrogens (tertiary/aromatic N) is 2. The smallest absolute Gasteiger partial charge is 0.328 e. The van der Waals surface area contributed by atoms with Crippen molar-refractivity contribution in [1.82, 2.24) is 10.1 Å². The topological polar surface area (TPSA) is 94.0 Å². The van der Waals surface area contributed by atoms with E-state index in [1.807, 2.05) is 0 Å². The monoisotopic (exact) mass is 196 g/mol. The first kappa shape index (κ1) is 9.14. The average molecular weight is 196 g/mol. The number of anilines is 1. The van der Waals surface area contributed by atoms with Gasteiger partial charge in [0.2, 0.25) is 5.91 Å². The molecule has 3 N–H and O–H groups in total. The molecule has 2 rings (SSSR count). The van der Waals surface area contributed by atoms with Gasteiger partial charge in [0, 0.05) is 6.54 Å². The van der Waals surface area contributed by atoms with Gasteiger partial charge in [0.1, 0.15) is 0 Å². The van der Waals surface area contributed by atoms with Gasteiger partial charge >= 0.3 is 6.01 Å². The van der Waals surface area contributed by atoms with Gasteiger partial charge in [-0.05, 0) is 19.8 Å². The van der Waals surface area contributed by atoms with E-state index in [0.29, 0.717) is 12.4 Å². The van der Waals surface area contributed by atoms with Crippen LogP contribution in [-0.2, 0) is 4.79 Å². The molecule has 1 heterocycles. The minimum Gasteiger partial charge on any atom is -0.329 e. The lowest BCUT2D eigenvalue weighted by atomic mass is 10.1. The zero-order valence-corrected chi connectivity index (χ0v) is 7.91. The van der Waals surface area contributed by atoms with E-state index in [0.717, 1.165) is 12.8 Å². The number of nitrogens with one attached hydrogen (secondary N) is 1. The molecule has 6 nitrogen and oxygen atoms in total. The summed E-state index contributed by atoms with van der Waals surface area (Å²) in [5.74, 6) is 0.376. The van der Waals surface area contributed by atoms with E-state index >= 15 is 0 Å². The Labute approximate surface area is 80.9 Å². The van der Waals surface area contributed by atoms with Gasteiger partial charge in [-0.1, -0.05) is 5.16 Å². The standard InChI is InChI=1S/C8H12N4O2/c1-5-10-7(14-12-5)11-6(13)8(4-9)2-3-8/h2-4,9H2,1H3,(H,10,11,12,13). The van der Waals surface area contributed by atoms with Gasteiger partial charge in [0.05, 0.1) is 5.41 Å². The van der Waals surface area contributed by atoms with Crippen LogP contribution < -0.4 is 11.1 Å². The normalized spacial score (nSPS) is 17.9. The molecule has 1 aliphatic rings. The van der Waals surface area contributed by atoms with E-state index < -0.39 is 0 Å². The van der Waals surface area contributed by atoms with Crippen molar-refractivity contribution in [2.45, 2.75) is 19.8 Å². The second kappa shape index (κ2) is 3.06.